The maximum Gasteiger partial charge on any atom is 0.337 e. The average Bonchev–Trinajstić information content (AvgIpc) is 3.08. The second kappa shape index (κ2) is 12.5. The Kier molecular flexibility index (Phi) is 9.78. The van der Waals surface area contributed by atoms with Gasteiger partial charge in [0, 0.05) is 5.69 Å². The largest absolute Gasteiger partial charge is 0.465 e. The molecule has 0 spiro atoms. The summed E-state index contributed by atoms with van der Waals surface area (Å²) in [6.45, 7) is 1.59. The minimum absolute atomic E-state index is 0. The highest BCUT2D eigenvalue weighted by molar-refractivity contribution is 7.07. The van der Waals surface area contributed by atoms with Gasteiger partial charge in [-0.2, -0.15) is 0 Å². The van der Waals surface area contributed by atoms with Crippen LogP contribution < -0.4 is 20.1 Å². The van der Waals surface area contributed by atoms with Crippen molar-refractivity contribution in [2.24, 2.45) is 0 Å². The monoisotopic (exact) mass is 502 g/mol. The van der Waals surface area contributed by atoms with Crippen molar-refractivity contribution < 1.29 is 23.9 Å². The number of thiazole rings is 1. The number of halogens is 1. The predicted octanol–water partition coefficient (Wildman–Crippen LogP) is 1.93. The molecule has 0 bridgehead atoms. The van der Waals surface area contributed by atoms with Gasteiger partial charge in [-0.1, -0.05) is 30.3 Å². The highest BCUT2D eigenvalue weighted by Crippen LogP contribution is 2.07. The number of amides is 1. The van der Waals surface area contributed by atoms with E-state index in [1.807, 2.05) is 6.07 Å². The van der Waals surface area contributed by atoms with E-state index in [0.29, 0.717) is 26.0 Å². The van der Waals surface area contributed by atoms with Crippen molar-refractivity contribution in [2.45, 2.75) is 13.5 Å². The van der Waals surface area contributed by atoms with Gasteiger partial charge in [0.15, 0.2) is 0 Å². The lowest BCUT2D eigenvalue weighted by Crippen LogP contribution is -2.36. The lowest BCUT2D eigenvalue weighted by Gasteiger charge is -2.05. The molecule has 0 fully saturated rings. The lowest BCUT2D eigenvalue weighted by molar-refractivity contribution is -0.135. The number of hydrogen-bond donors (Lipinski definition) is 1. The second-order valence-electron chi connectivity index (χ2n) is 6.76. The molecule has 0 radical (unpaired) electrons. The number of para-hydroxylation sites is 1. The van der Waals surface area contributed by atoms with Gasteiger partial charge in [0.05, 0.1) is 29.9 Å². The highest BCUT2D eigenvalue weighted by atomic mass is 35.5. The van der Waals surface area contributed by atoms with Crippen LogP contribution in [0.1, 0.15) is 22.8 Å². The van der Waals surface area contributed by atoms with E-state index in [4.69, 9.17) is 4.74 Å². The Morgan fingerprint density at radius 3 is 2.35 bits per heavy atom. The first kappa shape index (κ1) is 26.6. The fourth-order valence-electron chi connectivity index (χ4n) is 2.93. The summed E-state index contributed by atoms with van der Waals surface area (Å²) in [7, 11) is 1.30. The van der Waals surface area contributed by atoms with Crippen molar-refractivity contribution in [3.05, 3.63) is 85.3 Å². The zero-order chi connectivity index (χ0) is 23.8. The third-order valence-electron chi connectivity index (χ3n) is 4.45. The van der Waals surface area contributed by atoms with E-state index in [0.717, 1.165) is 11.3 Å². The Morgan fingerprint density at radius 2 is 1.74 bits per heavy atom. The minimum atomic E-state index is -0.607. The van der Waals surface area contributed by atoms with Crippen molar-refractivity contribution in [3.8, 4) is 0 Å². The number of hydrogen-bond acceptors (Lipinski definition) is 7. The van der Waals surface area contributed by atoms with E-state index in [9.17, 15) is 19.2 Å². The fourth-order valence-corrected chi connectivity index (χ4v) is 3.96. The van der Waals surface area contributed by atoms with Gasteiger partial charge in [0.1, 0.15) is 11.2 Å². The molecule has 0 atom stereocenters. The van der Waals surface area contributed by atoms with Crippen LogP contribution in [0.5, 0.6) is 0 Å². The van der Waals surface area contributed by atoms with Crippen LogP contribution in [0.4, 0.5) is 5.69 Å². The van der Waals surface area contributed by atoms with E-state index < -0.39 is 23.4 Å². The van der Waals surface area contributed by atoms with Gasteiger partial charge in [-0.25, -0.2) is 9.59 Å². The predicted molar refractivity (Wildman–Crippen MR) is 133 cm³/mol. The first-order valence-electron chi connectivity index (χ1n) is 10.0. The number of aromatic nitrogens is 1. The summed E-state index contributed by atoms with van der Waals surface area (Å²) in [6, 6.07) is 15.4. The van der Waals surface area contributed by atoms with Crippen LogP contribution >= 0.6 is 23.7 Å². The molecule has 0 saturated heterocycles. The van der Waals surface area contributed by atoms with E-state index in [1.165, 1.54) is 17.8 Å². The SMILES string of the molecule is CCOC(=O)/C=c1\s/c(=C/c2ccc(C(=O)OC)cc2)c(=O)n1CC(=O)Nc1ccccc1.Cl. The van der Waals surface area contributed by atoms with E-state index in [1.54, 1.807) is 61.5 Å². The molecule has 2 aromatic carbocycles. The van der Waals surface area contributed by atoms with Crippen molar-refractivity contribution >= 4 is 59.4 Å². The Balaban J connectivity index is 0.00000408. The summed E-state index contributed by atoms with van der Waals surface area (Å²) < 4.78 is 11.5. The third kappa shape index (κ3) is 6.90. The van der Waals surface area contributed by atoms with Crippen LogP contribution in [0.3, 0.4) is 0 Å². The van der Waals surface area contributed by atoms with Crippen molar-refractivity contribution in [3.63, 3.8) is 0 Å². The molecule has 8 nitrogen and oxygen atoms in total. The van der Waals surface area contributed by atoms with E-state index in [-0.39, 0.29) is 25.6 Å². The molecule has 1 amide bonds. The smallest absolute Gasteiger partial charge is 0.337 e. The molecule has 178 valence electrons. The molecule has 1 N–H and O–H groups in total. The van der Waals surface area contributed by atoms with Gasteiger partial charge < -0.3 is 14.8 Å². The average molecular weight is 503 g/mol. The summed E-state index contributed by atoms with van der Waals surface area (Å²) >= 11 is 1.07. The quantitative estimate of drug-likeness (QED) is 0.495. The van der Waals surface area contributed by atoms with Gasteiger partial charge in [-0.05, 0) is 42.8 Å². The number of carbonyl (C=O) groups is 3. The molecule has 34 heavy (non-hydrogen) atoms. The Hall–Kier alpha value is -3.69. The molecule has 0 unspecified atom stereocenters. The molecule has 10 heteroatoms. The van der Waals surface area contributed by atoms with Crippen LogP contribution in [-0.4, -0.2) is 36.1 Å². The Labute approximate surface area is 205 Å². The lowest BCUT2D eigenvalue weighted by atomic mass is 10.1. The summed E-state index contributed by atoms with van der Waals surface area (Å²) in [5.41, 5.74) is 1.23. The number of methoxy groups -OCH3 is 1. The third-order valence-corrected chi connectivity index (χ3v) is 5.51. The molecule has 0 aliphatic rings. The molecular formula is C24H23ClN2O6S. The topological polar surface area (TPSA) is 104 Å². The number of esters is 2. The number of anilines is 1. The number of ether oxygens (including phenoxy) is 2. The first-order valence-corrected chi connectivity index (χ1v) is 10.9. The Bertz CT molecular complexity index is 1330. The molecular weight excluding hydrogens is 480 g/mol. The van der Waals surface area contributed by atoms with Gasteiger partial charge in [-0.15, -0.1) is 23.7 Å². The molecule has 0 saturated carbocycles. The zero-order valence-corrected chi connectivity index (χ0v) is 20.1. The van der Waals surface area contributed by atoms with Crippen LogP contribution in [0.25, 0.3) is 12.2 Å². The summed E-state index contributed by atoms with van der Waals surface area (Å²) in [5.74, 6) is -1.48. The number of nitrogens with one attached hydrogen (secondary N) is 1. The second-order valence-corrected chi connectivity index (χ2v) is 7.83. The number of rotatable bonds is 7. The zero-order valence-electron chi connectivity index (χ0n) is 18.5. The number of benzene rings is 2. The van der Waals surface area contributed by atoms with Crippen molar-refractivity contribution in [1.29, 1.82) is 0 Å². The van der Waals surface area contributed by atoms with Crippen LogP contribution in [0.2, 0.25) is 0 Å². The molecule has 0 aliphatic carbocycles. The van der Waals surface area contributed by atoms with Crippen LogP contribution in [0.15, 0.2) is 59.4 Å². The summed E-state index contributed by atoms with van der Waals surface area (Å²) in [5, 5.41) is 2.73. The van der Waals surface area contributed by atoms with Crippen LogP contribution in [0, 0.1) is 0 Å². The first-order chi connectivity index (χ1) is 15.9. The number of nitrogens with zero attached hydrogens (tertiary/aromatic N) is 1. The molecule has 3 rings (SSSR count). The molecule has 0 aliphatic heterocycles. The summed E-state index contributed by atoms with van der Waals surface area (Å²) in [6.07, 6.45) is 2.82. The van der Waals surface area contributed by atoms with Gasteiger partial charge in [0.2, 0.25) is 5.91 Å². The normalized spacial score (nSPS) is 11.5. The molecule has 3 aromatic rings. The van der Waals surface area contributed by atoms with Crippen molar-refractivity contribution in [2.75, 3.05) is 19.0 Å². The minimum Gasteiger partial charge on any atom is -0.465 e. The fraction of sp³-hybridized carbons (Fsp3) is 0.167. The van der Waals surface area contributed by atoms with Gasteiger partial charge in [0.25, 0.3) is 5.56 Å². The standard InChI is InChI=1S/C24H22N2O6S.ClH/c1-3-32-22(28)14-21-26(15-20(27)25-18-7-5-4-6-8-18)23(29)19(33-21)13-16-9-11-17(12-10-16)24(30)31-2;/h4-14H,3,15H2,1-2H3,(H,25,27);1H/b19-13+,21-14-;. The molecule has 1 aromatic heterocycles. The van der Waals surface area contributed by atoms with Crippen LogP contribution in [-0.2, 0) is 25.6 Å². The number of carbonyl (C=O) groups excluding carboxylic acids is 3. The summed E-state index contributed by atoms with van der Waals surface area (Å²) in [4.78, 5) is 49.2. The maximum absolute atomic E-state index is 13.1. The van der Waals surface area contributed by atoms with Gasteiger partial charge >= 0.3 is 11.9 Å². The van der Waals surface area contributed by atoms with E-state index >= 15 is 0 Å². The Morgan fingerprint density at radius 1 is 1.06 bits per heavy atom. The maximum atomic E-state index is 13.1. The van der Waals surface area contributed by atoms with Gasteiger partial charge in [-0.3, -0.25) is 14.2 Å². The van der Waals surface area contributed by atoms with E-state index in [2.05, 4.69) is 10.1 Å². The van der Waals surface area contributed by atoms with Crippen molar-refractivity contribution in [1.82, 2.24) is 4.57 Å². The molecule has 1 heterocycles. The highest BCUT2D eigenvalue weighted by Gasteiger charge is 2.12.